The van der Waals surface area contributed by atoms with Gasteiger partial charge in [-0.2, -0.15) is 0 Å². The van der Waals surface area contributed by atoms with E-state index in [0.29, 0.717) is 18.1 Å². The molecule has 1 aliphatic carbocycles. The van der Waals surface area contributed by atoms with Crippen molar-refractivity contribution in [3.05, 3.63) is 65.0 Å². The zero-order valence-electron chi connectivity index (χ0n) is 16.2. The summed E-state index contributed by atoms with van der Waals surface area (Å²) in [5.41, 5.74) is -1.53. The van der Waals surface area contributed by atoms with Gasteiger partial charge < -0.3 is 4.74 Å². The molecule has 0 aromatic heterocycles. The van der Waals surface area contributed by atoms with Crippen LogP contribution in [-0.4, -0.2) is 23.9 Å². The molecule has 0 N–H and O–H groups in total. The maximum absolute atomic E-state index is 14.6. The topological polar surface area (TPSA) is 9.23 Å². The Hall–Kier alpha value is -2.25. The first-order chi connectivity index (χ1) is 14.1. The molecule has 30 heavy (non-hydrogen) atoms. The normalized spacial score (nSPS) is 25.9. The van der Waals surface area contributed by atoms with Crippen LogP contribution >= 0.6 is 0 Å². The average molecular weight is 434 g/mol. The highest BCUT2D eigenvalue weighted by Gasteiger charge is 2.59. The summed E-state index contributed by atoms with van der Waals surface area (Å²) in [6, 6.07) is 8.89. The van der Waals surface area contributed by atoms with E-state index in [1.165, 1.54) is 0 Å². The van der Waals surface area contributed by atoms with Crippen LogP contribution in [-0.2, 0) is 6.42 Å². The van der Waals surface area contributed by atoms with Crippen molar-refractivity contribution in [3.8, 4) is 5.75 Å². The van der Waals surface area contributed by atoms with Gasteiger partial charge in [0.25, 0.3) is 0 Å². The molecule has 1 saturated carbocycles. The number of hydrogen-bond acceptors (Lipinski definition) is 1. The smallest absolute Gasteiger partial charge is 0.309 e. The highest BCUT2D eigenvalue weighted by molar-refractivity contribution is 5.40. The molecular weight excluding hydrogens is 413 g/mol. The molecule has 0 bridgehead atoms. The van der Waals surface area contributed by atoms with Gasteiger partial charge in [-0.1, -0.05) is 43.7 Å². The van der Waals surface area contributed by atoms with Crippen molar-refractivity contribution >= 4 is 0 Å². The van der Waals surface area contributed by atoms with Gasteiger partial charge in [0.15, 0.2) is 29.8 Å². The van der Waals surface area contributed by atoms with Crippen molar-refractivity contribution in [1.29, 1.82) is 0 Å². The van der Waals surface area contributed by atoms with Crippen LogP contribution in [0, 0.1) is 17.5 Å². The van der Waals surface area contributed by atoms with Crippen molar-refractivity contribution in [1.82, 2.24) is 0 Å². The van der Waals surface area contributed by atoms with Crippen molar-refractivity contribution in [2.45, 2.75) is 62.9 Å². The standard InChI is InChI=1S/C22H21F7O/c1-2-8-21(11-17(24)22(28,29)18(25)12-21)30-16-10-15(23)20(27)19(26)14(16)9-13-6-4-3-5-7-13/h3-7,10,17-18H,2,8-9,11-12H2,1H3. The molecule has 3 rings (SSSR count). The van der Waals surface area contributed by atoms with Crippen LogP contribution in [0.25, 0.3) is 0 Å². The Kier molecular flexibility index (Phi) is 6.34. The third-order valence-electron chi connectivity index (χ3n) is 5.42. The second-order valence-corrected chi connectivity index (χ2v) is 7.68. The van der Waals surface area contributed by atoms with Gasteiger partial charge in [0.1, 0.15) is 11.4 Å². The lowest BCUT2D eigenvalue weighted by Crippen LogP contribution is -2.56. The molecule has 0 heterocycles. The highest BCUT2D eigenvalue weighted by Crippen LogP contribution is 2.47. The summed E-state index contributed by atoms with van der Waals surface area (Å²) >= 11 is 0. The Morgan fingerprint density at radius 2 is 1.57 bits per heavy atom. The summed E-state index contributed by atoms with van der Waals surface area (Å²) in [5.74, 6) is -9.36. The minimum atomic E-state index is -4.17. The van der Waals surface area contributed by atoms with Crippen molar-refractivity contribution in [3.63, 3.8) is 0 Å². The summed E-state index contributed by atoms with van der Waals surface area (Å²) in [6.45, 7) is 1.66. The van der Waals surface area contributed by atoms with E-state index >= 15 is 0 Å². The molecule has 2 aromatic carbocycles. The fraction of sp³-hybridized carbons (Fsp3) is 0.455. The van der Waals surface area contributed by atoms with Gasteiger partial charge >= 0.3 is 5.92 Å². The van der Waals surface area contributed by atoms with E-state index in [2.05, 4.69) is 0 Å². The Morgan fingerprint density at radius 3 is 2.13 bits per heavy atom. The fourth-order valence-electron chi connectivity index (χ4n) is 3.90. The fourth-order valence-corrected chi connectivity index (χ4v) is 3.90. The number of alkyl halides is 4. The van der Waals surface area contributed by atoms with Crippen LogP contribution in [0.5, 0.6) is 5.75 Å². The van der Waals surface area contributed by atoms with Gasteiger partial charge in [0.2, 0.25) is 0 Å². The van der Waals surface area contributed by atoms with E-state index in [-0.39, 0.29) is 18.4 Å². The van der Waals surface area contributed by atoms with Crippen molar-refractivity contribution in [2.24, 2.45) is 0 Å². The second-order valence-electron chi connectivity index (χ2n) is 7.68. The van der Waals surface area contributed by atoms with Gasteiger partial charge in [-0.25, -0.2) is 30.7 Å². The minimum Gasteiger partial charge on any atom is -0.487 e. The van der Waals surface area contributed by atoms with E-state index in [4.69, 9.17) is 4.74 Å². The Labute approximate surface area is 169 Å². The predicted octanol–water partition coefficient (Wildman–Crippen LogP) is 6.72. The summed E-state index contributed by atoms with van der Waals surface area (Å²) in [4.78, 5) is 0. The van der Waals surface area contributed by atoms with E-state index in [0.717, 1.165) is 0 Å². The molecule has 8 heteroatoms. The summed E-state index contributed by atoms with van der Waals surface area (Å²) < 4.78 is 104. The van der Waals surface area contributed by atoms with E-state index in [1.54, 1.807) is 37.3 Å². The van der Waals surface area contributed by atoms with Gasteiger partial charge in [0, 0.05) is 30.9 Å². The molecule has 0 aliphatic heterocycles. The molecule has 2 atom stereocenters. The molecule has 1 aliphatic rings. The number of hydrogen-bond donors (Lipinski definition) is 0. The molecule has 0 amide bonds. The van der Waals surface area contributed by atoms with Crippen LogP contribution in [0.4, 0.5) is 30.7 Å². The zero-order chi connectivity index (χ0) is 22.1. The molecule has 0 saturated heterocycles. The summed E-state index contributed by atoms with van der Waals surface area (Å²) in [5, 5.41) is 0. The number of rotatable bonds is 6. The summed E-state index contributed by atoms with van der Waals surface area (Å²) in [6.07, 6.45) is -7.21. The summed E-state index contributed by atoms with van der Waals surface area (Å²) in [7, 11) is 0. The Morgan fingerprint density at radius 1 is 0.967 bits per heavy atom. The third-order valence-corrected chi connectivity index (χ3v) is 5.42. The van der Waals surface area contributed by atoms with E-state index in [1.807, 2.05) is 0 Å². The van der Waals surface area contributed by atoms with Crippen molar-refractivity contribution < 1.29 is 35.5 Å². The number of benzene rings is 2. The quantitative estimate of drug-likeness (QED) is 0.362. The highest BCUT2D eigenvalue weighted by atomic mass is 19.3. The van der Waals surface area contributed by atoms with E-state index in [9.17, 15) is 30.7 Å². The predicted molar refractivity (Wildman–Crippen MR) is 97.8 cm³/mol. The lowest BCUT2D eigenvalue weighted by atomic mass is 9.77. The van der Waals surface area contributed by atoms with Crippen molar-refractivity contribution in [2.75, 3.05) is 0 Å². The Balaban J connectivity index is 2.03. The molecule has 2 unspecified atom stereocenters. The van der Waals surface area contributed by atoms with Crippen LogP contribution in [0.2, 0.25) is 0 Å². The molecule has 1 fully saturated rings. The van der Waals surface area contributed by atoms with Crippen LogP contribution in [0.15, 0.2) is 36.4 Å². The van der Waals surface area contributed by atoms with Gasteiger partial charge in [-0.3, -0.25) is 0 Å². The molecule has 1 nitrogen and oxygen atoms in total. The first-order valence-corrected chi connectivity index (χ1v) is 9.65. The monoisotopic (exact) mass is 434 g/mol. The molecule has 164 valence electrons. The second kappa shape index (κ2) is 8.47. The zero-order valence-corrected chi connectivity index (χ0v) is 16.2. The lowest BCUT2D eigenvalue weighted by molar-refractivity contribution is -0.190. The lowest BCUT2D eigenvalue weighted by Gasteiger charge is -2.43. The first-order valence-electron chi connectivity index (χ1n) is 9.65. The maximum atomic E-state index is 14.6. The SMILES string of the molecule is CCCC1(Oc2cc(F)c(F)c(F)c2Cc2ccccc2)CC(F)C(F)(F)C(F)C1. The molecule has 2 aromatic rings. The van der Waals surface area contributed by atoms with Gasteiger partial charge in [-0.05, 0) is 12.0 Å². The van der Waals surface area contributed by atoms with Crippen LogP contribution < -0.4 is 4.74 Å². The Bertz CT molecular complexity index is 871. The van der Waals surface area contributed by atoms with Crippen LogP contribution in [0.1, 0.15) is 43.7 Å². The largest absolute Gasteiger partial charge is 0.487 e. The van der Waals surface area contributed by atoms with Gasteiger partial charge in [0.05, 0.1) is 0 Å². The van der Waals surface area contributed by atoms with Crippen LogP contribution in [0.3, 0.4) is 0 Å². The maximum Gasteiger partial charge on any atom is 0.309 e. The molecule has 0 spiro atoms. The number of halogens is 7. The van der Waals surface area contributed by atoms with E-state index < -0.39 is 59.9 Å². The number of ether oxygens (including phenoxy) is 1. The third kappa shape index (κ3) is 4.27. The minimum absolute atomic E-state index is 0.0185. The van der Waals surface area contributed by atoms with Gasteiger partial charge in [-0.15, -0.1) is 0 Å². The molecule has 0 radical (unpaired) electrons. The average Bonchev–Trinajstić information content (AvgIpc) is 2.69. The molecular formula is C22H21F7O. The first kappa shape index (κ1) is 22.4.